The Morgan fingerprint density at radius 3 is 2.42 bits per heavy atom. The summed E-state index contributed by atoms with van der Waals surface area (Å²) in [6.07, 6.45) is 0.291. The van der Waals surface area contributed by atoms with Crippen LogP contribution in [0.4, 0.5) is 0 Å². The third kappa shape index (κ3) is 2.83. The molecule has 0 aromatic heterocycles. The molecule has 1 aliphatic carbocycles. The van der Waals surface area contributed by atoms with Crippen molar-refractivity contribution in [1.82, 2.24) is 5.48 Å². The van der Waals surface area contributed by atoms with Gasteiger partial charge in [0.15, 0.2) is 0 Å². The second-order valence-corrected chi connectivity index (χ2v) is 5.87. The molecule has 0 aliphatic heterocycles. The smallest absolute Gasteiger partial charge is 0.247 e. The second kappa shape index (κ2) is 6.33. The first-order valence-corrected chi connectivity index (χ1v) is 7.59. The van der Waals surface area contributed by atoms with Crippen molar-refractivity contribution in [2.75, 3.05) is 0 Å². The van der Waals surface area contributed by atoms with Crippen molar-refractivity contribution in [3.63, 3.8) is 0 Å². The molecule has 3 rings (SSSR count). The summed E-state index contributed by atoms with van der Waals surface area (Å²) in [7, 11) is 0. The molecule has 124 valence electrons. The molecule has 4 N–H and O–H groups in total. The monoisotopic (exact) mass is 326 g/mol. The van der Waals surface area contributed by atoms with Crippen molar-refractivity contribution in [2.24, 2.45) is 11.7 Å². The largest absolute Gasteiger partial charge is 0.489 e. The molecule has 1 saturated carbocycles. The Morgan fingerprint density at radius 1 is 1.17 bits per heavy atom. The van der Waals surface area contributed by atoms with E-state index in [0.29, 0.717) is 24.3 Å². The molecule has 0 saturated heterocycles. The summed E-state index contributed by atoms with van der Waals surface area (Å²) in [4.78, 5) is 23.4. The van der Waals surface area contributed by atoms with Crippen molar-refractivity contribution in [3.8, 4) is 5.75 Å². The standard InChI is InChI=1S/C18H18N2O4/c19-17(22)18(10-15(18)16(21)20-23)13-6-8-14(9-7-13)24-11-12-4-2-1-3-5-12/h1-9,15,23H,10-11H2,(H2,19,22)(H,20,21)/t15-,18-/m1/s1. The van der Waals surface area contributed by atoms with Gasteiger partial charge in [-0.1, -0.05) is 42.5 Å². The third-order valence-corrected chi connectivity index (χ3v) is 4.44. The fraction of sp³-hybridized carbons (Fsp3) is 0.222. The number of benzene rings is 2. The van der Waals surface area contributed by atoms with Crippen LogP contribution in [0, 0.1) is 5.92 Å². The van der Waals surface area contributed by atoms with Gasteiger partial charge in [-0.2, -0.15) is 0 Å². The van der Waals surface area contributed by atoms with Crippen LogP contribution < -0.4 is 16.0 Å². The maximum atomic E-state index is 11.8. The molecule has 1 aliphatic rings. The Hall–Kier alpha value is -2.86. The van der Waals surface area contributed by atoms with Gasteiger partial charge in [0.2, 0.25) is 11.8 Å². The van der Waals surface area contributed by atoms with Crippen LogP contribution in [0.3, 0.4) is 0 Å². The number of carbonyl (C=O) groups is 2. The molecular weight excluding hydrogens is 308 g/mol. The topological polar surface area (TPSA) is 102 Å². The first-order valence-electron chi connectivity index (χ1n) is 7.59. The van der Waals surface area contributed by atoms with Crippen molar-refractivity contribution in [1.29, 1.82) is 0 Å². The second-order valence-electron chi connectivity index (χ2n) is 5.87. The van der Waals surface area contributed by atoms with Crippen molar-refractivity contribution >= 4 is 11.8 Å². The molecule has 6 nitrogen and oxygen atoms in total. The number of primary amides is 1. The molecule has 2 aromatic carbocycles. The molecule has 0 heterocycles. The van der Waals surface area contributed by atoms with Crippen LogP contribution >= 0.6 is 0 Å². The van der Waals surface area contributed by atoms with Crippen LogP contribution in [0.2, 0.25) is 0 Å². The van der Waals surface area contributed by atoms with E-state index in [9.17, 15) is 9.59 Å². The number of amides is 2. The van der Waals surface area contributed by atoms with E-state index in [-0.39, 0.29) is 0 Å². The maximum absolute atomic E-state index is 11.8. The lowest BCUT2D eigenvalue weighted by atomic mass is 9.92. The molecule has 2 aromatic rings. The van der Waals surface area contributed by atoms with Gasteiger partial charge in [0, 0.05) is 0 Å². The highest BCUT2D eigenvalue weighted by Crippen LogP contribution is 2.54. The predicted octanol–water partition coefficient (Wildman–Crippen LogP) is 1.51. The number of hydroxylamine groups is 1. The van der Waals surface area contributed by atoms with Crippen LogP contribution in [-0.2, 0) is 21.6 Å². The number of carbonyl (C=O) groups excluding carboxylic acids is 2. The van der Waals surface area contributed by atoms with Crippen LogP contribution in [-0.4, -0.2) is 17.0 Å². The number of nitrogens with two attached hydrogens (primary N) is 1. The maximum Gasteiger partial charge on any atom is 0.247 e. The van der Waals surface area contributed by atoms with E-state index in [1.54, 1.807) is 29.7 Å². The highest BCUT2D eigenvalue weighted by Gasteiger charge is 2.63. The quantitative estimate of drug-likeness (QED) is 0.553. The Kier molecular flexibility index (Phi) is 4.22. The van der Waals surface area contributed by atoms with Crippen molar-refractivity contribution in [3.05, 3.63) is 65.7 Å². The van der Waals surface area contributed by atoms with Crippen LogP contribution in [0.15, 0.2) is 54.6 Å². The van der Waals surface area contributed by atoms with Gasteiger partial charge in [-0.15, -0.1) is 0 Å². The van der Waals surface area contributed by atoms with Crippen LogP contribution in [0.5, 0.6) is 5.75 Å². The van der Waals surface area contributed by atoms with E-state index in [4.69, 9.17) is 15.7 Å². The van der Waals surface area contributed by atoms with E-state index in [1.807, 2.05) is 30.3 Å². The first-order chi connectivity index (χ1) is 11.6. The van der Waals surface area contributed by atoms with Gasteiger partial charge in [-0.05, 0) is 29.7 Å². The van der Waals surface area contributed by atoms with E-state index >= 15 is 0 Å². The molecule has 24 heavy (non-hydrogen) atoms. The minimum absolute atomic E-state index is 0.291. The zero-order valence-electron chi connectivity index (χ0n) is 12.9. The molecule has 0 bridgehead atoms. The number of hydrogen-bond acceptors (Lipinski definition) is 4. The van der Waals surface area contributed by atoms with Gasteiger partial charge in [0.25, 0.3) is 0 Å². The summed E-state index contributed by atoms with van der Waals surface area (Å²) in [5.74, 6) is -1.16. The zero-order chi connectivity index (χ0) is 17.2. The Labute approximate surface area is 139 Å². The van der Waals surface area contributed by atoms with Crippen molar-refractivity contribution < 1.29 is 19.5 Å². The summed E-state index contributed by atoms with van der Waals surface area (Å²) < 4.78 is 5.70. The summed E-state index contributed by atoms with van der Waals surface area (Å²) in [6.45, 7) is 0.441. The number of ether oxygens (including phenoxy) is 1. The predicted molar refractivity (Wildman–Crippen MR) is 86.1 cm³/mol. The average Bonchev–Trinajstić information content (AvgIpc) is 3.38. The van der Waals surface area contributed by atoms with Crippen LogP contribution in [0.1, 0.15) is 17.5 Å². The number of nitrogens with one attached hydrogen (secondary N) is 1. The molecule has 6 heteroatoms. The summed E-state index contributed by atoms with van der Waals surface area (Å²) in [5, 5.41) is 8.76. The molecule has 0 radical (unpaired) electrons. The fourth-order valence-corrected chi connectivity index (χ4v) is 2.98. The van der Waals surface area contributed by atoms with E-state index in [2.05, 4.69) is 0 Å². The molecule has 1 fully saturated rings. The highest BCUT2D eigenvalue weighted by atomic mass is 16.5. The van der Waals surface area contributed by atoms with Crippen molar-refractivity contribution in [2.45, 2.75) is 18.4 Å². The Balaban J connectivity index is 1.72. The molecule has 2 atom stereocenters. The minimum atomic E-state index is -1.05. The fourth-order valence-electron chi connectivity index (χ4n) is 2.98. The molecule has 0 unspecified atom stereocenters. The van der Waals surface area contributed by atoms with Gasteiger partial charge in [0.05, 0.1) is 11.3 Å². The normalized spacial score (nSPS) is 21.8. The number of rotatable bonds is 6. The van der Waals surface area contributed by atoms with Gasteiger partial charge in [-0.3, -0.25) is 14.8 Å². The highest BCUT2D eigenvalue weighted by molar-refractivity contribution is 5.99. The van der Waals surface area contributed by atoms with Gasteiger partial charge in [-0.25, -0.2) is 5.48 Å². The van der Waals surface area contributed by atoms with Gasteiger partial charge >= 0.3 is 0 Å². The molecule has 2 amide bonds. The minimum Gasteiger partial charge on any atom is -0.489 e. The summed E-state index contributed by atoms with van der Waals surface area (Å²) >= 11 is 0. The van der Waals surface area contributed by atoms with E-state index in [0.717, 1.165) is 5.56 Å². The summed E-state index contributed by atoms with van der Waals surface area (Å²) in [5.41, 5.74) is 7.72. The lowest BCUT2D eigenvalue weighted by Crippen LogP contribution is -2.35. The van der Waals surface area contributed by atoms with Crippen LogP contribution in [0.25, 0.3) is 0 Å². The third-order valence-electron chi connectivity index (χ3n) is 4.44. The SMILES string of the molecule is NC(=O)[C@@]1(c2ccc(OCc3ccccc3)cc2)C[C@@H]1C(=O)NO. The van der Waals surface area contributed by atoms with Gasteiger partial charge < -0.3 is 10.5 Å². The average molecular weight is 326 g/mol. The Morgan fingerprint density at radius 2 is 1.83 bits per heavy atom. The molecular formula is C18H18N2O4. The molecule has 0 spiro atoms. The lowest BCUT2D eigenvalue weighted by Gasteiger charge is -2.14. The zero-order valence-corrected chi connectivity index (χ0v) is 12.9. The number of hydrogen-bond donors (Lipinski definition) is 3. The summed E-state index contributed by atoms with van der Waals surface area (Å²) in [6, 6.07) is 16.7. The Bertz CT molecular complexity index is 745. The van der Waals surface area contributed by atoms with Gasteiger partial charge in [0.1, 0.15) is 12.4 Å². The van der Waals surface area contributed by atoms with E-state index in [1.165, 1.54) is 0 Å². The lowest BCUT2D eigenvalue weighted by molar-refractivity contribution is -0.132. The first kappa shape index (κ1) is 16.0. The van der Waals surface area contributed by atoms with E-state index < -0.39 is 23.1 Å².